The number of rotatable bonds is 6. The van der Waals surface area contributed by atoms with Gasteiger partial charge in [0.15, 0.2) is 0 Å². The molecule has 0 spiro atoms. The van der Waals surface area contributed by atoms with Crippen LogP contribution in [0.15, 0.2) is 42.5 Å². The Morgan fingerprint density at radius 1 is 1.09 bits per heavy atom. The van der Waals surface area contributed by atoms with E-state index in [-0.39, 0.29) is 6.03 Å². The number of ether oxygens (including phenoxy) is 2. The third kappa shape index (κ3) is 5.07. The Morgan fingerprint density at radius 3 is 2.48 bits per heavy atom. The monoisotopic (exact) mass is 334 g/mol. The van der Waals surface area contributed by atoms with Crippen LogP contribution in [0.25, 0.3) is 0 Å². The van der Waals surface area contributed by atoms with Crippen molar-refractivity contribution in [2.24, 2.45) is 0 Å². The van der Waals surface area contributed by atoms with E-state index in [9.17, 15) is 4.79 Å². The van der Waals surface area contributed by atoms with Crippen LogP contribution < -0.4 is 20.1 Å². The molecule has 2 aromatic rings. The summed E-state index contributed by atoms with van der Waals surface area (Å²) in [5.74, 6) is 1.21. The van der Waals surface area contributed by atoms with Gasteiger partial charge in [-0.15, -0.1) is 0 Å². The first kappa shape index (κ1) is 17.0. The second-order valence-electron chi connectivity index (χ2n) is 4.82. The van der Waals surface area contributed by atoms with Crippen molar-refractivity contribution < 1.29 is 14.3 Å². The first-order valence-electron chi connectivity index (χ1n) is 7.13. The highest BCUT2D eigenvalue weighted by atomic mass is 35.5. The Morgan fingerprint density at radius 2 is 1.83 bits per heavy atom. The zero-order chi connectivity index (χ0) is 16.7. The molecular weight excluding hydrogens is 316 g/mol. The second kappa shape index (κ2) is 8.29. The van der Waals surface area contributed by atoms with Gasteiger partial charge in [0.25, 0.3) is 0 Å². The Hall–Kier alpha value is -2.40. The standard InChI is InChI=1S/C17H19ClN2O3/c1-22-14-7-8-16(23-2)15(11-14)20-17(21)19-10-9-12-3-5-13(18)6-4-12/h3-8,11H,9-10H2,1-2H3,(H2,19,20,21). The van der Waals surface area contributed by atoms with Crippen LogP contribution in [0, 0.1) is 0 Å². The highest BCUT2D eigenvalue weighted by molar-refractivity contribution is 6.30. The molecule has 122 valence electrons. The highest BCUT2D eigenvalue weighted by Gasteiger charge is 2.08. The van der Waals surface area contributed by atoms with Gasteiger partial charge >= 0.3 is 6.03 Å². The summed E-state index contributed by atoms with van der Waals surface area (Å²) in [5.41, 5.74) is 1.66. The van der Waals surface area contributed by atoms with E-state index in [0.717, 1.165) is 12.0 Å². The average Bonchev–Trinajstić information content (AvgIpc) is 2.56. The summed E-state index contributed by atoms with van der Waals surface area (Å²) >= 11 is 5.84. The van der Waals surface area contributed by atoms with Gasteiger partial charge in [-0.05, 0) is 36.2 Å². The number of halogens is 1. The molecule has 0 saturated carbocycles. The molecule has 0 aliphatic heterocycles. The van der Waals surface area contributed by atoms with Crippen molar-refractivity contribution in [2.45, 2.75) is 6.42 Å². The summed E-state index contributed by atoms with van der Waals surface area (Å²) in [6.45, 7) is 0.514. The fraction of sp³-hybridized carbons (Fsp3) is 0.235. The maximum atomic E-state index is 12.0. The van der Waals surface area contributed by atoms with Crippen molar-refractivity contribution in [3.63, 3.8) is 0 Å². The van der Waals surface area contributed by atoms with Gasteiger partial charge in [-0.2, -0.15) is 0 Å². The number of anilines is 1. The lowest BCUT2D eigenvalue weighted by Crippen LogP contribution is -2.30. The topological polar surface area (TPSA) is 59.6 Å². The van der Waals surface area contributed by atoms with Crippen molar-refractivity contribution in [1.82, 2.24) is 5.32 Å². The summed E-state index contributed by atoms with van der Waals surface area (Å²) < 4.78 is 10.4. The average molecular weight is 335 g/mol. The molecule has 2 amide bonds. The van der Waals surface area contributed by atoms with Crippen LogP contribution in [0.5, 0.6) is 11.5 Å². The summed E-state index contributed by atoms with van der Waals surface area (Å²) in [5, 5.41) is 6.26. The van der Waals surface area contributed by atoms with Crippen molar-refractivity contribution in [1.29, 1.82) is 0 Å². The van der Waals surface area contributed by atoms with Gasteiger partial charge in [0.2, 0.25) is 0 Å². The SMILES string of the molecule is COc1ccc(OC)c(NC(=O)NCCc2ccc(Cl)cc2)c1. The van der Waals surface area contributed by atoms with E-state index in [1.165, 1.54) is 0 Å². The van der Waals surface area contributed by atoms with E-state index < -0.39 is 0 Å². The first-order chi connectivity index (χ1) is 11.1. The molecule has 0 radical (unpaired) electrons. The number of carbonyl (C=O) groups is 1. The number of amides is 2. The molecule has 0 fully saturated rings. The van der Waals surface area contributed by atoms with Gasteiger partial charge in [-0.25, -0.2) is 4.79 Å². The van der Waals surface area contributed by atoms with Crippen LogP contribution in [0.4, 0.5) is 10.5 Å². The molecule has 0 aliphatic rings. The molecule has 0 bridgehead atoms. The number of urea groups is 1. The van der Waals surface area contributed by atoms with Gasteiger partial charge in [0.1, 0.15) is 11.5 Å². The van der Waals surface area contributed by atoms with Gasteiger partial charge in [0.05, 0.1) is 19.9 Å². The van der Waals surface area contributed by atoms with E-state index in [4.69, 9.17) is 21.1 Å². The third-order valence-corrected chi connectivity index (χ3v) is 3.52. The lowest BCUT2D eigenvalue weighted by molar-refractivity contribution is 0.252. The fourth-order valence-corrected chi connectivity index (χ4v) is 2.18. The Labute approximate surface area is 140 Å². The summed E-state index contributed by atoms with van der Waals surface area (Å²) in [6.07, 6.45) is 0.722. The molecule has 23 heavy (non-hydrogen) atoms. The molecule has 0 atom stereocenters. The van der Waals surface area contributed by atoms with E-state index >= 15 is 0 Å². The predicted octanol–water partition coefficient (Wildman–Crippen LogP) is 3.72. The van der Waals surface area contributed by atoms with Crippen LogP contribution in [0.3, 0.4) is 0 Å². The Balaban J connectivity index is 1.88. The largest absolute Gasteiger partial charge is 0.497 e. The van der Waals surface area contributed by atoms with Crippen molar-refractivity contribution >= 4 is 23.3 Å². The molecule has 0 aliphatic carbocycles. The van der Waals surface area contributed by atoms with E-state index in [2.05, 4.69) is 10.6 Å². The first-order valence-corrected chi connectivity index (χ1v) is 7.51. The highest BCUT2D eigenvalue weighted by Crippen LogP contribution is 2.28. The van der Waals surface area contributed by atoms with Crippen molar-refractivity contribution in [2.75, 3.05) is 26.1 Å². The number of carbonyl (C=O) groups excluding carboxylic acids is 1. The van der Waals surface area contributed by atoms with Crippen LogP contribution >= 0.6 is 11.6 Å². The van der Waals surface area contributed by atoms with Gasteiger partial charge in [-0.3, -0.25) is 0 Å². The van der Waals surface area contributed by atoms with Crippen molar-refractivity contribution in [3.8, 4) is 11.5 Å². The number of methoxy groups -OCH3 is 2. The number of benzene rings is 2. The van der Waals surface area contributed by atoms with E-state index in [1.807, 2.05) is 24.3 Å². The van der Waals surface area contributed by atoms with Crippen LogP contribution in [-0.2, 0) is 6.42 Å². The lowest BCUT2D eigenvalue weighted by atomic mass is 10.1. The summed E-state index contributed by atoms with van der Waals surface area (Å²) in [6, 6.07) is 12.4. The van der Waals surface area contributed by atoms with Crippen LogP contribution in [-0.4, -0.2) is 26.8 Å². The quantitative estimate of drug-likeness (QED) is 0.846. The molecule has 0 unspecified atom stereocenters. The molecule has 0 saturated heterocycles. The molecule has 6 heteroatoms. The Bertz CT molecular complexity index is 659. The maximum Gasteiger partial charge on any atom is 0.319 e. The molecule has 2 N–H and O–H groups in total. The minimum atomic E-state index is -0.300. The molecule has 0 aromatic heterocycles. The van der Waals surface area contributed by atoms with Crippen LogP contribution in [0.2, 0.25) is 5.02 Å². The van der Waals surface area contributed by atoms with Gasteiger partial charge in [0, 0.05) is 17.6 Å². The summed E-state index contributed by atoms with van der Waals surface area (Å²) in [4.78, 5) is 12.0. The Kier molecular flexibility index (Phi) is 6.11. The maximum absolute atomic E-state index is 12.0. The molecular formula is C17H19ClN2O3. The second-order valence-corrected chi connectivity index (χ2v) is 5.26. The molecule has 2 aromatic carbocycles. The van der Waals surface area contributed by atoms with Crippen molar-refractivity contribution in [3.05, 3.63) is 53.1 Å². The van der Waals surface area contributed by atoms with Gasteiger partial charge in [-0.1, -0.05) is 23.7 Å². The zero-order valence-corrected chi connectivity index (χ0v) is 13.8. The summed E-state index contributed by atoms with van der Waals surface area (Å²) in [7, 11) is 3.11. The fourth-order valence-electron chi connectivity index (χ4n) is 2.05. The minimum absolute atomic E-state index is 0.300. The normalized spacial score (nSPS) is 10.0. The molecule has 0 heterocycles. The molecule has 2 rings (SSSR count). The third-order valence-electron chi connectivity index (χ3n) is 3.27. The predicted molar refractivity (Wildman–Crippen MR) is 91.7 cm³/mol. The molecule has 5 nitrogen and oxygen atoms in total. The minimum Gasteiger partial charge on any atom is -0.497 e. The number of nitrogens with one attached hydrogen (secondary N) is 2. The zero-order valence-electron chi connectivity index (χ0n) is 13.1. The number of hydrogen-bond donors (Lipinski definition) is 2. The lowest BCUT2D eigenvalue weighted by Gasteiger charge is -2.12. The van der Waals surface area contributed by atoms with Gasteiger partial charge < -0.3 is 20.1 Å². The number of hydrogen-bond acceptors (Lipinski definition) is 3. The van der Waals surface area contributed by atoms with E-state index in [1.54, 1.807) is 32.4 Å². The smallest absolute Gasteiger partial charge is 0.319 e. The van der Waals surface area contributed by atoms with E-state index in [0.29, 0.717) is 28.8 Å². The van der Waals surface area contributed by atoms with Crippen LogP contribution in [0.1, 0.15) is 5.56 Å².